The number of nitrogens with zero attached hydrogens (tertiary/aromatic N) is 3. The molecule has 0 saturated heterocycles. The maximum absolute atomic E-state index is 12.1. The van der Waals surface area contributed by atoms with Crippen LogP contribution in [0.25, 0.3) is 11.6 Å². The Morgan fingerprint density at radius 1 is 1.46 bits per heavy atom. The number of aromatic nitrogens is 3. The standard InChI is InChI=1S/C15H13N5O5S/c1-24-11-5-4-9(20(22)23)7-10(11)16-13(21)8-26-15-17-14(18-19-15)12-3-2-6-25-12/h2-7H,8H2,1H3,(H,16,21)(H,17,18,19). The van der Waals surface area contributed by atoms with Crippen LogP contribution in [0.5, 0.6) is 5.75 Å². The molecular formula is C15H13N5O5S. The molecule has 3 rings (SSSR count). The van der Waals surface area contributed by atoms with Gasteiger partial charge in [0.15, 0.2) is 11.6 Å². The van der Waals surface area contributed by atoms with Gasteiger partial charge in [0, 0.05) is 12.1 Å². The van der Waals surface area contributed by atoms with Crippen molar-refractivity contribution in [2.24, 2.45) is 0 Å². The highest BCUT2D eigenvalue weighted by Gasteiger charge is 2.15. The number of anilines is 1. The number of hydrogen-bond donors (Lipinski definition) is 2. The minimum absolute atomic E-state index is 0.0152. The number of aromatic amines is 1. The van der Waals surface area contributed by atoms with Crippen LogP contribution in [0, 0.1) is 10.1 Å². The summed E-state index contributed by atoms with van der Waals surface area (Å²) in [5.41, 5.74) is 0.0735. The molecule has 0 atom stereocenters. The van der Waals surface area contributed by atoms with Crippen molar-refractivity contribution in [3.05, 3.63) is 46.7 Å². The summed E-state index contributed by atoms with van der Waals surface area (Å²) >= 11 is 1.11. The van der Waals surface area contributed by atoms with Crippen LogP contribution < -0.4 is 10.1 Å². The van der Waals surface area contributed by atoms with Gasteiger partial charge in [0.1, 0.15) is 5.75 Å². The zero-order valence-electron chi connectivity index (χ0n) is 13.5. The number of thioether (sulfide) groups is 1. The van der Waals surface area contributed by atoms with E-state index in [0.29, 0.717) is 22.5 Å². The number of furan rings is 1. The van der Waals surface area contributed by atoms with Crippen LogP contribution in [-0.2, 0) is 4.79 Å². The number of methoxy groups -OCH3 is 1. The number of nitrogens with one attached hydrogen (secondary N) is 2. The molecule has 0 radical (unpaired) electrons. The molecule has 0 unspecified atom stereocenters. The van der Waals surface area contributed by atoms with E-state index in [-0.39, 0.29) is 23.0 Å². The zero-order valence-corrected chi connectivity index (χ0v) is 14.3. The monoisotopic (exact) mass is 375 g/mol. The third kappa shape index (κ3) is 4.00. The number of benzene rings is 1. The van der Waals surface area contributed by atoms with Crippen LogP contribution in [-0.4, -0.2) is 38.9 Å². The lowest BCUT2D eigenvalue weighted by Gasteiger charge is -2.09. The number of nitro benzene ring substituents is 1. The molecule has 0 aliphatic rings. The highest BCUT2D eigenvalue weighted by Crippen LogP contribution is 2.29. The van der Waals surface area contributed by atoms with Gasteiger partial charge in [-0.2, -0.15) is 4.98 Å². The second-order valence-electron chi connectivity index (χ2n) is 4.92. The van der Waals surface area contributed by atoms with E-state index >= 15 is 0 Å². The lowest BCUT2D eigenvalue weighted by Crippen LogP contribution is -2.15. The van der Waals surface area contributed by atoms with Crippen LogP contribution >= 0.6 is 11.8 Å². The number of amides is 1. The van der Waals surface area contributed by atoms with Gasteiger partial charge in [-0.25, -0.2) is 0 Å². The first kappa shape index (κ1) is 17.5. The van der Waals surface area contributed by atoms with Crippen molar-refractivity contribution in [1.82, 2.24) is 15.2 Å². The molecule has 0 aliphatic heterocycles. The molecule has 0 bridgehead atoms. The minimum atomic E-state index is -0.548. The Morgan fingerprint density at radius 2 is 2.31 bits per heavy atom. The predicted octanol–water partition coefficient (Wildman–Crippen LogP) is 2.71. The summed E-state index contributed by atoms with van der Waals surface area (Å²) in [5.74, 6) is 0.958. The molecule has 10 nitrogen and oxygen atoms in total. The van der Waals surface area contributed by atoms with Crippen molar-refractivity contribution in [1.29, 1.82) is 0 Å². The van der Waals surface area contributed by atoms with Crippen LogP contribution in [0.4, 0.5) is 11.4 Å². The average molecular weight is 375 g/mol. The van der Waals surface area contributed by atoms with E-state index in [0.717, 1.165) is 11.8 Å². The van der Waals surface area contributed by atoms with Gasteiger partial charge >= 0.3 is 0 Å². The van der Waals surface area contributed by atoms with Gasteiger partial charge in [-0.3, -0.25) is 20.0 Å². The van der Waals surface area contributed by atoms with E-state index in [1.54, 1.807) is 12.1 Å². The smallest absolute Gasteiger partial charge is 0.271 e. The van der Waals surface area contributed by atoms with E-state index in [2.05, 4.69) is 20.5 Å². The first-order valence-electron chi connectivity index (χ1n) is 7.28. The molecule has 11 heteroatoms. The molecule has 2 aromatic heterocycles. The Morgan fingerprint density at radius 3 is 3.00 bits per heavy atom. The Labute approximate surface area is 151 Å². The molecule has 2 heterocycles. The second-order valence-corrected chi connectivity index (χ2v) is 5.86. The molecule has 3 aromatic rings. The predicted molar refractivity (Wildman–Crippen MR) is 93.1 cm³/mol. The normalized spacial score (nSPS) is 10.5. The molecule has 0 saturated carbocycles. The quantitative estimate of drug-likeness (QED) is 0.365. The van der Waals surface area contributed by atoms with Crippen LogP contribution in [0.15, 0.2) is 46.2 Å². The SMILES string of the molecule is COc1ccc([N+](=O)[O-])cc1NC(=O)CSc1n[nH]c(-c2ccco2)n1. The summed E-state index contributed by atoms with van der Waals surface area (Å²) in [7, 11) is 1.41. The molecule has 0 spiro atoms. The second kappa shape index (κ2) is 7.70. The Hall–Kier alpha value is -3.34. The van der Waals surface area contributed by atoms with E-state index < -0.39 is 4.92 Å². The molecule has 26 heavy (non-hydrogen) atoms. The summed E-state index contributed by atoms with van der Waals surface area (Å²) in [6.45, 7) is 0. The van der Waals surface area contributed by atoms with Crippen molar-refractivity contribution in [3.63, 3.8) is 0 Å². The summed E-state index contributed by atoms with van der Waals surface area (Å²) in [6.07, 6.45) is 1.52. The van der Waals surface area contributed by atoms with Crippen LogP contribution in [0.3, 0.4) is 0 Å². The Kier molecular flexibility index (Phi) is 5.17. The summed E-state index contributed by atoms with van der Waals surface area (Å²) in [6, 6.07) is 7.42. The van der Waals surface area contributed by atoms with E-state index in [1.807, 2.05) is 0 Å². The first-order chi connectivity index (χ1) is 12.6. The van der Waals surface area contributed by atoms with Gasteiger partial charge in [0.05, 0.1) is 29.7 Å². The van der Waals surface area contributed by atoms with Gasteiger partial charge in [-0.05, 0) is 18.2 Å². The number of rotatable bonds is 7. The Bertz CT molecular complexity index is 924. The number of hydrogen-bond acceptors (Lipinski definition) is 8. The number of ether oxygens (including phenoxy) is 1. The van der Waals surface area contributed by atoms with Crippen molar-refractivity contribution in [2.45, 2.75) is 5.16 Å². The van der Waals surface area contributed by atoms with Gasteiger partial charge in [0.25, 0.3) is 5.69 Å². The summed E-state index contributed by atoms with van der Waals surface area (Å²) < 4.78 is 10.3. The number of carbonyl (C=O) groups excluding carboxylic acids is 1. The molecule has 0 fully saturated rings. The van der Waals surface area contributed by atoms with Crippen molar-refractivity contribution in [2.75, 3.05) is 18.2 Å². The summed E-state index contributed by atoms with van der Waals surface area (Å²) in [4.78, 5) is 26.7. The first-order valence-corrected chi connectivity index (χ1v) is 8.26. The number of nitro groups is 1. The minimum Gasteiger partial charge on any atom is -0.495 e. The maximum atomic E-state index is 12.1. The van der Waals surface area contributed by atoms with E-state index in [4.69, 9.17) is 9.15 Å². The maximum Gasteiger partial charge on any atom is 0.271 e. The number of carbonyl (C=O) groups is 1. The highest BCUT2D eigenvalue weighted by atomic mass is 32.2. The van der Waals surface area contributed by atoms with Crippen LogP contribution in [0.2, 0.25) is 0 Å². The number of non-ortho nitro benzene ring substituents is 1. The van der Waals surface area contributed by atoms with Gasteiger partial charge in [-0.1, -0.05) is 11.8 Å². The molecule has 0 aliphatic carbocycles. The van der Waals surface area contributed by atoms with Crippen molar-refractivity contribution >= 4 is 29.0 Å². The third-order valence-corrected chi connectivity index (χ3v) is 4.07. The van der Waals surface area contributed by atoms with E-state index in [1.165, 1.54) is 31.6 Å². The molecule has 134 valence electrons. The topological polar surface area (TPSA) is 136 Å². The van der Waals surface area contributed by atoms with Gasteiger partial charge in [-0.15, -0.1) is 5.10 Å². The zero-order chi connectivity index (χ0) is 18.5. The number of H-pyrrole nitrogens is 1. The molecule has 2 N–H and O–H groups in total. The Balaban J connectivity index is 1.62. The van der Waals surface area contributed by atoms with Crippen molar-refractivity contribution in [3.8, 4) is 17.3 Å². The fourth-order valence-electron chi connectivity index (χ4n) is 2.06. The molecule has 1 amide bonds. The molecule has 1 aromatic carbocycles. The highest BCUT2D eigenvalue weighted by molar-refractivity contribution is 7.99. The molecular weight excluding hydrogens is 362 g/mol. The van der Waals surface area contributed by atoms with Gasteiger partial charge < -0.3 is 14.5 Å². The van der Waals surface area contributed by atoms with Crippen LogP contribution in [0.1, 0.15) is 0 Å². The fourth-order valence-corrected chi connectivity index (χ4v) is 2.66. The third-order valence-electron chi connectivity index (χ3n) is 3.22. The van der Waals surface area contributed by atoms with Crippen molar-refractivity contribution < 1.29 is 18.9 Å². The van der Waals surface area contributed by atoms with Gasteiger partial charge in [0.2, 0.25) is 11.1 Å². The average Bonchev–Trinajstić information content (AvgIpc) is 3.31. The lowest BCUT2D eigenvalue weighted by molar-refractivity contribution is -0.384. The van der Waals surface area contributed by atoms with E-state index in [9.17, 15) is 14.9 Å². The lowest BCUT2D eigenvalue weighted by atomic mass is 10.2. The largest absolute Gasteiger partial charge is 0.495 e. The summed E-state index contributed by atoms with van der Waals surface area (Å²) in [5, 5.41) is 20.5. The fraction of sp³-hybridized carbons (Fsp3) is 0.133.